The predicted molar refractivity (Wildman–Crippen MR) is 83.6 cm³/mol. The molecule has 0 spiro atoms. The molecule has 0 atom stereocenters. The summed E-state index contributed by atoms with van der Waals surface area (Å²) in [6.45, 7) is 0.815. The van der Waals surface area contributed by atoms with Gasteiger partial charge < -0.3 is 5.73 Å². The van der Waals surface area contributed by atoms with Crippen LogP contribution in [-0.4, -0.2) is 19.3 Å². The van der Waals surface area contributed by atoms with E-state index in [9.17, 15) is 8.42 Å². The minimum absolute atomic E-state index is 0.0781. The molecule has 0 aromatic heterocycles. The van der Waals surface area contributed by atoms with E-state index in [-0.39, 0.29) is 10.6 Å². The molecule has 1 aliphatic heterocycles. The van der Waals surface area contributed by atoms with Gasteiger partial charge >= 0.3 is 0 Å². The Kier molecular flexibility index (Phi) is 3.65. The Morgan fingerprint density at radius 3 is 2.57 bits per heavy atom. The molecule has 0 saturated heterocycles. The van der Waals surface area contributed by atoms with Gasteiger partial charge in [-0.3, -0.25) is 0 Å². The van der Waals surface area contributed by atoms with Crippen molar-refractivity contribution in [3.8, 4) is 0 Å². The lowest BCUT2D eigenvalue weighted by Crippen LogP contribution is -2.36. The summed E-state index contributed by atoms with van der Waals surface area (Å²) < 4.78 is 27.0. The van der Waals surface area contributed by atoms with Gasteiger partial charge in [-0.05, 0) is 35.7 Å². The van der Waals surface area contributed by atoms with Crippen LogP contribution in [0.2, 0.25) is 5.02 Å². The van der Waals surface area contributed by atoms with Crippen LogP contribution in [0.25, 0.3) is 0 Å². The quantitative estimate of drug-likeness (QED) is 0.865. The standard InChI is InChI=1S/C15H15ClN2O2S/c16-13-5-6-14(17)15(9-13)21(19,20)18-8-7-11-3-1-2-4-12(11)10-18/h1-6,9H,7-8,10,17H2. The molecule has 0 unspecified atom stereocenters. The summed E-state index contributed by atoms with van der Waals surface area (Å²) >= 11 is 5.90. The highest BCUT2D eigenvalue weighted by molar-refractivity contribution is 7.89. The van der Waals surface area contributed by atoms with Crippen LogP contribution in [0.4, 0.5) is 5.69 Å². The molecule has 21 heavy (non-hydrogen) atoms. The van der Waals surface area contributed by atoms with E-state index >= 15 is 0 Å². The molecule has 1 aliphatic rings. The summed E-state index contributed by atoms with van der Waals surface area (Å²) in [7, 11) is -3.63. The lowest BCUT2D eigenvalue weighted by molar-refractivity contribution is 0.391. The van der Waals surface area contributed by atoms with Gasteiger partial charge in [-0.1, -0.05) is 35.9 Å². The molecular formula is C15H15ClN2O2S. The second-order valence-electron chi connectivity index (χ2n) is 5.04. The molecule has 0 aliphatic carbocycles. The van der Waals surface area contributed by atoms with Crippen molar-refractivity contribution in [2.75, 3.05) is 12.3 Å². The molecule has 1 heterocycles. The maximum absolute atomic E-state index is 12.8. The zero-order valence-corrected chi connectivity index (χ0v) is 12.9. The lowest BCUT2D eigenvalue weighted by atomic mass is 10.0. The zero-order chi connectivity index (χ0) is 15.0. The molecule has 110 valence electrons. The van der Waals surface area contributed by atoms with Crippen molar-refractivity contribution in [3.05, 3.63) is 58.6 Å². The van der Waals surface area contributed by atoms with E-state index in [2.05, 4.69) is 0 Å². The number of hydrogen-bond donors (Lipinski definition) is 1. The first-order chi connectivity index (χ1) is 9.98. The van der Waals surface area contributed by atoms with Crippen LogP contribution in [0.15, 0.2) is 47.4 Å². The fraction of sp³-hybridized carbons (Fsp3) is 0.200. The number of fused-ring (bicyclic) bond motifs is 1. The average Bonchev–Trinajstić information content (AvgIpc) is 2.49. The Labute approximate surface area is 129 Å². The fourth-order valence-electron chi connectivity index (χ4n) is 2.55. The van der Waals surface area contributed by atoms with Gasteiger partial charge in [-0.2, -0.15) is 4.31 Å². The molecule has 0 fully saturated rings. The fourth-order valence-corrected chi connectivity index (χ4v) is 4.34. The third-order valence-corrected chi connectivity index (χ3v) is 5.83. The number of nitrogen functional groups attached to an aromatic ring is 1. The maximum Gasteiger partial charge on any atom is 0.245 e. The van der Waals surface area contributed by atoms with E-state index in [4.69, 9.17) is 17.3 Å². The van der Waals surface area contributed by atoms with E-state index in [1.54, 1.807) is 6.07 Å². The second-order valence-corrected chi connectivity index (χ2v) is 7.38. The van der Waals surface area contributed by atoms with Gasteiger partial charge in [0.15, 0.2) is 0 Å². The average molecular weight is 323 g/mol. The van der Waals surface area contributed by atoms with E-state index in [1.165, 1.54) is 22.0 Å². The highest BCUT2D eigenvalue weighted by atomic mass is 35.5. The number of sulfonamides is 1. The largest absolute Gasteiger partial charge is 0.398 e. The van der Waals surface area contributed by atoms with Gasteiger partial charge in [0, 0.05) is 18.1 Å². The van der Waals surface area contributed by atoms with Crippen LogP contribution in [0.3, 0.4) is 0 Å². The normalized spacial score (nSPS) is 15.7. The van der Waals surface area contributed by atoms with Crippen LogP contribution in [0.1, 0.15) is 11.1 Å². The van der Waals surface area contributed by atoms with Gasteiger partial charge in [0.2, 0.25) is 10.0 Å². The monoisotopic (exact) mass is 322 g/mol. The smallest absolute Gasteiger partial charge is 0.245 e. The summed E-state index contributed by atoms with van der Waals surface area (Å²) in [6, 6.07) is 12.4. The minimum Gasteiger partial charge on any atom is -0.398 e. The first-order valence-electron chi connectivity index (χ1n) is 6.60. The second kappa shape index (κ2) is 5.33. The molecule has 0 saturated carbocycles. The van der Waals surface area contributed by atoms with E-state index in [1.807, 2.05) is 24.3 Å². The minimum atomic E-state index is -3.63. The summed E-state index contributed by atoms with van der Waals surface area (Å²) in [5, 5.41) is 0.361. The molecule has 4 nitrogen and oxygen atoms in total. The van der Waals surface area contributed by atoms with Crippen LogP contribution in [-0.2, 0) is 23.0 Å². The summed E-state index contributed by atoms with van der Waals surface area (Å²) in [6.07, 6.45) is 0.704. The molecule has 2 aromatic rings. The van der Waals surface area contributed by atoms with Crippen molar-refractivity contribution in [3.63, 3.8) is 0 Å². The Balaban J connectivity index is 1.99. The Morgan fingerprint density at radius 1 is 1.10 bits per heavy atom. The third-order valence-electron chi connectivity index (χ3n) is 3.69. The van der Waals surface area contributed by atoms with Gasteiger partial charge in [0.25, 0.3) is 0 Å². The number of hydrogen-bond acceptors (Lipinski definition) is 3. The van der Waals surface area contributed by atoms with E-state index < -0.39 is 10.0 Å². The van der Waals surface area contributed by atoms with Crippen molar-refractivity contribution in [2.45, 2.75) is 17.9 Å². The molecule has 0 bridgehead atoms. The first kappa shape index (κ1) is 14.4. The number of rotatable bonds is 2. The van der Waals surface area contributed by atoms with E-state index in [0.29, 0.717) is 24.5 Å². The van der Waals surface area contributed by atoms with Crippen molar-refractivity contribution < 1.29 is 8.42 Å². The van der Waals surface area contributed by atoms with Gasteiger partial charge in [-0.15, -0.1) is 0 Å². The zero-order valence-electron chi connectivity index (χ0n) is 11.3. The van der Waals surface area contributed by atoms with Crippen LogP contribution in [0, 0.1) is 0 Å². The summed E-state index contributed by atoms with van der Waals surface area (Å²) in [4.78, 5) is 0.0781. The van der Waals surface area contributed by atoms with Gasteiger partial charge in [-0.25, -0.2) is 8.42 Å². The van der Waals surface area contributed by atoms with Crippen molar-refractivity contribution >= 4 is 27.3 Å². The first-order valence-corrected chi connectivity index (χ1v) is 8.42. The number of halogens is 1. The molecule has 2 aromatic carbocycles. The lowest BCUT2D eigenvalue weighted by Gasteiger charge is -2.28. The SMILES string of the molecule is Nc1ccc(Cl)cc1S(=O)(=O)N1CCc2ccccc2C1. The van der Waals surface area contributed by atoms with Crippen molar-refractivity contribution in [1.82, 2.24) is 4.31 Å². The Morgan fingerprint density at radius 2 is 1.81 bits per heavy atom. The molecule has 3 rings (SSSR count). The number of benzene rings is 2. The molecule has 6 heteroatoms. The Bertz CT molecular complexity index is 790. The third kappa shape index (κ3) is 2.64. The van der Waals surface area contributed by atoms with Crippen molar-refractivity contribution in [1.29, 1.82) is 0 Å². The van der Waals surface area contributed by atoms with Crippen LogP contribution >= 0.6 is 11.6 Å². The number of nitrogens with two attached hydrogens (primary N) is 1. The molecule has 0 amide bonds. The molecule has 0 radical (unpaired) electrons. The van der Waals surface area contributed by atoms with Crippen LogP contribution in [0.5, 0.6) is 0 Å². The highest BCUT2D eigenvalue weighted by Crippen LogP contribution is 2.29. The van der Waals surface area contributed by atoms with Gasteiger partial charge in [0.1, 0.15) is 4.90 Å². The Hall–Kier alpha value is -1.56. The van der Waals surface area contributed by atoms with Crippen LogP contribution < -0.4 is 5.73 Å². The molecular weight excluding hydrogens is 308 g/mol. The van der Waals surface area contributed by atoms with Crippen molar-refractivity contribution in [2.24, 2.45) is 0 Å². The maximum atomic E-state index is 12.8. The number of nitrogens with zero attached hydrogens (tertiary/aromatic N) is 1. The predicted octanol–water partition coefficient (Wildman–Crippen LogP) is 2.67. The number of anilines is 1. The summed E-state index contributed by atoms with van der Waals surface area (Å²) in [5.74, 6) is 0. The molecule has 2 N–H and O–H groups in total. The summed E-state index contributed by atoms with van der Waals surface area (Å²) in [5.41, 5.74) is 8.27. The van der Waals surface area contributed by atoms with E-state index in [0.717, 1.165) is 5.56 Å². The topological polar surface area (TPSA) is 63.4 Å². The highest BCUT2D eigenvalue weighted by Gasteiger charge is 2.29. The van der Waals surface area contributed by atoms with Gasteiger partial charge in [0.05, 0.1) is 5.69 Å².